The topological polar surface area (TPSA) is 52.3 Å². The van der Waals surface area contributed by atoms with Crippen molar-refractivity contribution < 1.29 is 9.53 Å². The molecule has 0 saturated carbocycles. The first kappa shape index (κ1) is 12.6. The van der Waals surface area contributed by atoms with Crippen LogP contribution in [0.3, 0.4) is 0 Å². The van der Waals surface area contributed by atoms with Gasteiger partial charge in [-0.2, -0.15) is 0 Å². The van der Waals surface area contributed by atoms with Crippen LogP contribution in [0, 0.1) is 0 Å². The third kappa shape index (κ3) is 3.11. The van der Waals surface area contributed by atoms with Gasteiger partial charge in [-0.1, -0.05) is 46.3 Å². The number of hydrogen-bond acceptors (Lipinski definition) is 3. The Bertz CT molecular complexity index is 555. The average Bonchev–Trinajstić information content (AvgIpc) is 2.37. The first-order chi connectivity index (χ1) is 8.66. The largest absolute Gasteiger partial charge is 0.457 e. The first-order valence-electron chi connectivity index (χ1n) is 5.43. The van der Waals surface area contributed by atoms with Crippen molar-refractivity contribution in [3.63, 3.8) is 0 Å². The van der Waals surface area contributed by atoms with Crippen LogP contribution < -0.4 is 5.73 Å². The van der Waals surface area contributed by atoms with E-state index in [9.17, 15) is 4.79 Å². The van der Waals surface area contributed by atoms with E-state index in [4.69, 9.17) is 10.5 Å². The minimum atomic E-state index is -0.413. The lowest BCUT2D eigenvalue weighted by atomic mass is 10.2. The van der Waals surface area contributed by atoms with E-state index in [1.807, 2.05) is 30.3 Å². The Morgan fingerprint density at radius 2 is 1.89 bits per heavy atom. The molecule has 4 heteroatoms. The fourth-order valence-corrected chi connectivity index (χ4v) is 1.90. The predicted octanol–water partition coefficient (Wildman–Crippen LogP) is 3.39. The van der Waals surface area contributed by atoms with Crippen LogP contribution in [0.15, 0.2) is 53.0 Å². The molecular weight excluding hydrogens is 294 g/mol. The summed E-state index contributed by atoms with van der Waals surface area (Å²) in [5, 5.41) is 0. The number of carbonyl (C=O) groups excluding carboxylic acids is 1. The highest BCUT2D eigenvalue weighted by Crippen LogP contribution is 2.19. The van der Waals surface area contributed by atoms with Crippen molar-refractivity contribution in [1.29, 1.82) is 0 Å². The summed E-state index contributed by atoms with van der Waals surface area (Å²) in [6.07, 6.45) is 0. The molecule has 18 heavy (non-hydrogen) atoms. The van der Waals surface area contributed by atoms with Gasteiger partial charge < -0.3 is 10.5 Å². The molecule has 0 atom stereocenters. The number of halogens is 1. The number of nitrogens with two attached hydrogens (primary N) is 1. The van der Waals surface area contributed by atoms with Crippen LogP contribution in [-0.2, 0) is 11.3 Å². The lowest BCUT2D eigenvalue weighted by molar-refractivity contribution is 0.0474. The van der Waals surface area contributed by atoms with E-state index in [0.29, 0.717) is 11.3 Å². The van der Waals surface area contributed by atoms with E-state index in [-0.39, 0.29) is 6.61 Å². The molecule has 0 amide bonds. The van der Waals surface area contributed by atoms with Gasteiger partial charge in [-0.25, -0.2) is 4.79 Å². The van der Waals surface area contributed by atoms with Gasteiger partial charge in [-0.15, -0.1) is 0 Å². The Kier molecular flexibility index (Phi) is 3.99. The molecule has 0 radical (unpaired) electrons. The summed E-state index contributed by atoms with van der Waals surface area (Å²) >= 11 is 3.29. The van der Waals surface area contributed by atoms with Crippen LogP contribution in [0.1, 0.15) is 15.9 Å². The lowest BCUT2D eigenvalue weighted by Crippen LogP contribution is -2.08. The number of nitrogen functional groups attached to an aromatic ring is 1. The molecule has 2 aromatic rings. The molecule has 2 N–H and O–H groups in total. The van der Waals surface area contributed by atoms with Crippen molar-refractivity contribution >= 4 is 27.6 Å². The Labute approximate surface area is 114 Å². The Hall–Kier alpha value is -1.81. The van der Waals surface area contributed by atoms with Gasteiger partial charge in [0.05, 0.1) is 5.56 Å². The number of esters is 1. The standard InChI is InChI=1S/C14H12BrNO2/c15-11-6-7-12(13(16)8-11)14(17)18-9-10-4-2-1-3-5-10/h1-8H,9,16H2. The molecule has 0 aliphatic rings. The van der Waals surface area contributed by atoms with Gasteiger partial charge >= 0.3 is 5.97 Å². The monoisotopic (exact) mass is 305 g/mol. The van der Waals surface area contributed by atoms with Gasteiger partial charge in [0.15, 0.2) is 0 Å². The molecule has 2 aromatic carbocycles. The van der Waals surface area contributed by atoms with Gasteiger partial charge in [0.25, 0.3) is 0 Å². The zero-order valence-electron chi connectivity index (χ0n) is 9.60. The second-order valence-electron chi connectivity index (χ2n) is 3.79. The van der Waals surface area contributed by atoms with Crippen molar-refractivity contribution in [2.75, 3.05) is 5.73 Å². The van der Waals surface area contributed by atoms with Gasteiger partial charge in [-0.3, -0.25) is 0 Å². The number of carbonyl (C=O) groups is 1. The molecular formula is C14H12BrNO2. The molecule has 0 saturated heterocycles. The van der Waals surface area contributed by atoms with Gasteiger partial charge in [0.1, 0.15) is 6.61 Å². The van der Waals surface area contributed by atoms with E-state index in [0.717, 1.165) is 10.0 Å². The van der Waals surface area contributed by atoms with Crippen molar-refractivity contribution in [3.8, 4) is 0 Å². The molecule has 3 nitrogen and oxygen atoms in total. The maximum Gasteiger partial charge on any atom is 0.340 e. The molecule has 0 aliphatic heterocycles. The van der Waals surface area contributed by atoms with Gasteiger partial charge in [0.2, 0.25) is 0 Å². The molecule has 0 bridgehead atoms. The maximum absolute atomic E-state index is 11.8. The number of anilines is 1. The third-order valence-electron chi connectivity index (χ3n) is 2.45. The summed E-state index contributed by atoms with van der Waals surface area (Å²) in [4.78, 5) is 11.8. The normalized spacial score (nSPS) is 10.1. The van der Waals surface area contributed by atoms with E-state index in [1.54, 1.807) is 18.2 Å². The van der Waals surface area contributed by atoms with Crippen LogP contribution >= 0.6 is 15.9 Å². The second-order valence-corrected chi connectivity index (χ2v) is 4.71. The van der Waals surface area contributed by atoms with Crippen LogP contribution in [0.5, 0.6) is 0 Å². The number of ether oxygens (including phenoxy) is 1. The Morgan fingerprint density at radius 1 is 1.17 bits per heavy atom. The molecule has 0 spiro atoms. The smallest absolute Gasteiger partial charge is 0.340 e. The highest BCUT2D eigenvalue weighted by molar-refractivity contribution is 9.10. The summed E-state index contributed by atoms with van der Waals surface area (Å²) < 4.78 is 6.03. The minimum Gasteiger partial charge on any atom is -0.457 e. The fourth-order valence-electron chi connectivity index (χ4n) is 1.52. The van der Waals surface area contributed by atoms with E-state index < -0.39 is 5.97 Å². The van der Waals surface area contributed by atoms with E-state index >= 15 is 0 Å². The quantitative estimate of drug-likeness (QED) is 0.698. The highest BCUT2D eigenvalue weighted by Gasteiger charge is 2.11. The number of benzene rings is 2. The molecule has 0 heterocycles. The summed E-state index contributed by atoms with van der Waals surface area (Å²) in [5.74, 6) is -0.413. The molecule has 0 aromatic heterocycles. The molecule has 92 valence electrons. The van der Waals surface area contributed by atoms with Crippen LogP contribution in [-0.4, -0.2) is 5.97 Å². The van der Waals surface area contributed by atoms with Gasteiger partial charge in [0, 0.05) is 10.2 Å². The van der Waals surface area contributed by atoms with E-state index in [2.05, 4.69) is 15.9 Å². The van der Waals surface area contributed by atoms with Crippen molar-refractivity contribution in [1.82, 2.24) is 0 Å². The zero-order chi connectivity index (χ0) is 13.0. The third-order valence-corrected chi connectivity index (χ3v) is 2.94. The maximum atomic E-state index is 11.8. The Morgan fingerprint density at radius 3 is 2.56 bits per heavy atom. The predicted molar refractivity (Wildman–Crippen MR) is 74.1 cm³/mol. The highest BCUT2D eigenvalue weighted by atomic mass is 79.9. The van der Waals surface area contributed by atoms with Crippen molar-refractivity contribution in [2.45, 2.75) is 6.61 Å². The SMILES string of the molecule is Nc1cc(Br)ccc1C(=O)OCc1ccccc1. The molecule has 0 fully saturated rings. The average molecular weight is 306 g/mol. The zero-order valence-corrected chi connectivity index (χ0v) is 11.2. The van der Waals surface area contributed by atoms with Crippen LogP contribution in [0.2, 0.25) is 0 Å². The van der Waals surface area contributed by atoms with Crippen molar-refractivity contribution in [2.24, 2.45) is 0 Å². The molecule has 0 unspecified atom stereocenters. The van der Waals surface area contributed by atoms with Crippen LogP contribution in [0.4, 0.5) is 5.69 Å². The van der Waals surface area contributed by atoms with E-state index in [1.165, 1.54) is 0 Å². The van der Waals surface area contributed by atoms with Crippen molar-refractivity contribution in [3.05, 3.63) is 64.1 Å². The number of rotatable bonds is 3. The minimum absolute atomic E-state index is 0.245. The van der Waals surface area contributed by atoms with Crippen LogP contribution in [0.25, 0.3) is 0 Å². The second kappa shape index (κ2) is 5.69. The van der Waals surface area contributed by atoms with Gasteiger partial charge in [-0.05, 0) is 23.8 Å². The summed E-state index contributed by atoms with van der Waals surface area (Å²) in [6.45, 7) is 0.245. The summed E-state index contributed by atoms with van der Waals surface area (Å²) in [5.41, 5.74) is 7.49. The first-order valence-corrected chi connectivity index (χ1v) is 6.22. The molecule has 0 aliphatic carbocycles. The summed E-state index contributed by atoms with van der Waals surface area (Å²) in [7, 11) is 0. The fraction of sp³-hybridized carbons (Fsp3) is 0.0714. The lowest BCUT2D eigenvalue weighted by Gasteiger charge is -2.07. The number of hydrogen-bond donors (Lipinski definition) is 1. The molecule has 2 rings (SSSR count). The summed E-state index contributed by atoms with van der Waals surface area (Å²) in [6, 6.07) is 14.6. The Balaban J connectivity index is 2.04.